The lowest BCUT2D eigenvalue weighted by atomic mass is 10.1. The number of rotatable bonds is 6. The number of carbonyl (C=O) groups excluding carboxylic acids is 1. The van der Waals surface area contributed by atoms with E-state index in [0.717, 1.165) is 5.56 Å². The molecule has 0 aliphatic heterocycles. The lowest BCUT2D eigenvalue weighted by molar-refractivity contribution is -0.120. The molecule has 1 amide bonds. The van der Waals surface area contributed by atoms with Gasteiger partial charge in [0.1, 0.15) is 5.82 Å². The number of halogens is 1. The van der Waals surface area contributed by atoms with Crippen molar-refractivity contribution in [3.05, 3.63) is 71.5 Å². The fourth-order valence-corrected chi connectivity index (χ4v) is 2.00. The lowest BCUT2D eigenvalue weighted by Gasteiger charge is -2.14. The minimum atomic E-state index is -0.302. The molecule has 0 saturated heterocycles. The summed E-state index contributed by atoms with van der Waals surface area (Å²) in [4.78, 5) is 11.8. The van der Waals surface area contributed by atoms with Crippen molar-refractivity contribution in [3.8, 4) is 0 Å². The minimum absolute atomic E-state index is 0.0883. The summed E-state index contributed by atoms with van der Waals surface area (Å²) in [5, 5.41) is 5.85. The lowest BCUT2D eigenvalue weighted by Crippen LogP contribution is -2.34. The Morgan fingerprint density at radius 2 is 1.76 bits per heavy atom. The van der Waals surface area contributed by atoms with Gasteiger partial charge in [-0.15, -0.1) is 0 Å². The van der Waals surface area contributed by atoms with Gasteiger partial charge in [0.05, 0.1) is 6.54 Å². The topological polar surface area (TPSA) is 41.1 Å². The van der Waals surface area contributed by atoms with E-state index in [-0.39, 0.29) is 30.9 Å². The van der Waals surface area contributed by atoms with Crippen LogP contribution in [0.1, 0.15) is 24.1 Å². The van der Waals surface area contributed by atoms with Crippen LogP contribution < -0.4 is 10.6 Å². The van der Waals surface area contributed by atoms with Crippen molar-refractivity contribution in [2.45, 2.75) is 19.5 Å². The van der Waals surface area contributed by atoms with Gasteiger partial charge in [-0.1, -0.05) is 48.5 Å². The quantitative estimate of drug-likeness (QED) is 0.857. The Bertz CT molecular complexity index is 586. The number of carbonyl (C=O) groups is 1. The van der Waals surface area contributed by atoms with Gasteiger partial charge in [0.2, 0.25) is 5.91 Å². The van der Waals surface area contributed by atoms with Crippen LogP contribution in [-0.4, -0.2) is 12.5 Å². The van der Waals surface area contributed by atoms with Crippen LogP contribution in [0.25, 0.3) is 0 Å². The number of benzene rings is 2. The SMILES string of the molecule is C[C@H](NCC(=O)NCc1ccccc1F)c1ccccc1. The van der Waals surface area contributed by atoms with Crippen LogP contribution in [0.5, 0.6) is 0 Å². The van der Waals surface area contributed by atoms with E-state index in [1.807, 2.05) is 37.3 Å². The van der Waals surface area contributed by atoms with Crippen LogP contribution in [0, 0.1) is 5.82 Å². The van der Waals surface area contributed by atoms with E-state index in [0.29, 0.717) is 5.56 Å². The highest BCUT2D eigenvalue weighted by molar-refractivity contribution is 5.78. The van der Waals surface area contributed by atoms with Crippen molar-refractivity contribution >= 4 is 5.91 Å². The van der Waals surface area contributed by atoms with Gasteiger partial charge in [-0.3, -0.25) is 4.79 Å². The Kier molecular flexibility index (Phi) is 5.46. The monoisotopic (exact) mass is 286 g/mol. The molecule has 0 bridgehead atoms. The van der Waals surface area contributed by atoms with Crippen molar-refractivity contribution in [3.63, 3.8) is 0 Å². The van der Waals surface area contributed by atoms with Crippen LogP contribution in [0.4, 0.5) is 4.39 Å². The van der Waals surface area contributed by atoms with Gasteiger partial charge in [0, 0.05) is 18.2 Å². The number of amides is 1. The summed E-state index contributed by atoms with van der Waals surface area (Å²) >= 11 is 0. The smallest absolute Gasteiger partial charge is 0.234 e. The van der Waals surface area contributed by atoms with E-state index >= 15 is 0 Å². The average Bonchev–Trinajstić information content (AvgIpc) is 2.52. The highest BCUT2D eigenvalue weighted by Crippen LogP contribution is 2.10. The van der Waals surface area contributed by atoms with Crippen molar-refractivity contribution in [1.29, 1.82) is 0 Å². The van der Waals surface area contributed by atoms with Gasteiger partial charge in [-0.25, -0.2) is 4.39 Å². The number of nitrogens with one attached hydrogen (secondary N) is 2. The Labute approximate surface area is 124 Å². The molecule has 0 radical (unpaired) electrons. The summed E-state index contributed by atoms with van der Waals surface area (Å²) in [6.45, 7) is 2.40. The van der Waals surface area contributed by atoms with Gasteiger partial charge in [-0.05, 0) is 18.6 Å². The largest absolute Gasteiger partial charge is 0.351 e. The normalized spacial score (nSPS) is 11.9. The Hall–Kier alpha value is -2.20. The van der Waals surface area contributed by atoms with E-state index in [1.54, 1.807) is 18.2 Å². The summed E-state index contributed by atoms with van der Waals surface area (Å²) < 4.78 is 13.4. The molecular formula is C17H19FN2O. The van der Waals surface area contributed by atoms with Crippen molar-refractivity contribution in [2.75, 3.05) is 6.54 Å². The van der Waals surface area contributed by atoms with E-state index in [1.165, 1.54) is 6.07 Å². The van der Waals surface area contributed by atoms with E-state index in [2.05, 4.69) is 10.6 Å². The predicted molar refractivity (Wildman–Crippen MR) is 81.1 cm³/mol. The second-order valence-electron chi connectivity index (χ2n) is 4.88. The zero-order valence-electron chi connectivity index (χ0n) is 12.0. The fraction of sp³-hybridized carbons (Fsp3) is 0.235. The van der Waals surface area contributed by atoms with Crippen LogP contribution in [0.2, 0.25) is 0 Å². The molecule has 0 heterocycles. The van der Waals surface area contributed by atoms with Gasteiger partial charge in [-0.2, -0.15) is 0 Å². The maximum atomic E-state index is 13.4. The summed E-state index contributed by atoms with van der Waals surface area (Å²) in [6.07, 6.45) is 0. The minimum Gasteiger partial charge on any atom is -0.351 e. The zero-order valence-corrected chi connectivity index (χ0v) is 12.0. The van der Waals surface area contributed by atoms with Crippen molar-refractivity contribution < 1.29 is 9.18 Å². The molecule has 0 spiro atoms. The van der Waals surface area contributed by atoms with Crippen LogP contribution in [0.15, 0.2) is 54.6 Å². The van der Waals surface area contributed by atoms with Gasteiger partial charge >= 0.3 is 0 Å². The second kappa shape index (κ2) is 7.55. The Morgan fingerprint density at radius 1 is 1.10 bits per heavy atom. The molecule has 21 heavy (non-hydrogen) atoms. The molecule has 2 N–H and O–H groups in total. The molecule has 4 heteroatoms. The number of hydrogen-bond donors (Lipinski definition) is 2. The first-order chi connectivity index (χ1) is 10.2. The molecule has 3 nitrogen and oxygen atoms in total. The number of hydrogen-bond acceptors (Lipinski definition) is 2. The van der Waals surface area contributed by atoms with Crippen molar-refractivity contribution in [2.24, 2.45) is 0 Å². The average molecular weight is 286 g/mol. The maximum absolute atomic E-state index is 13.4. The summed E-state index contributed by atoms with van der Waals surface area (Å²) in [6, 6.07) is 16.4. The molecular weight excluding hydrogens is 267 g/mol. The third-order valence-electron chi connectivity index (χ3n) is 3.30. The molecule has 0 fully saturated rings. The first kappa shape index (κ1) is 15.2. The predicted octanol–water partition coefficient (Wildman–Crippen LogP) is 2.79. The van der Waals surface area contributed by atoms with Crippen LogP contribution in [-0.2, 0) is 11.3 Å². The molecule has 0 aromatic heterocycles. The van der Waals surface area contributed by atoms with E-state index in [9.17, 15) is 9.18 Å². The Balaban J connectivity index is 1.76. The summed E-state index contributed by atoms with van der Waals surface area (Å²) in [5.74, 6) is -0.454. The highest BCUT2D eigenvalue weighted by Gasteiger charge is 2.08. The van der Waals surface area contributed by atoms with Crippen LogP contribution >= 0.6 is 0 Å². The molecule has 0 unspecified atom stereocenters. The molecule has 110 valence electrons. The van der Waals surface area contributed by atoms with Crippen LogP contribution in [0.3, 0.4) is 0 Å². The van der Waals surface area contributed by atoms with Gasteiger partial charge in [0.25, 0.3) is 0 Å². The molecule has 2 aromatic carbocycles. The van der Waals surface area contributed by atoms with E-state index in [4.69, 9.17) is 0 Å². The Morgan fingerprint density at radius 3 is 2.48 bits per heavy atom. The molecule has 1 atom stereocenters. The first-order valence-electron chi connectivity index (χ1n) is 6.95. The second-order valence-corrected chi connectivity index (χ2v) is 4.88. The fourth-order valence-electron chi connectivity index (χ4n) is 2.00. The molecule has 0 aliphatic rings. The standard InChI is InChI=1S/C17H19FN2O/c1-13(14-7-3-2-4-8-14)19-12-17(21)20-11-15-9-5-6-10-16(15)18/h2-10,13,19H,11-12H2,1H3,(H,20,21)/t13-/m0/s1. The van der Waals surface area contributed by atoms with Gasteiger partial charge < -0.3 is 10.6 Å². The first-order valence-corrected chi connectivity index (χ1v) is 6.95. The zero-order chi connectivity index (χ0) is 15.1. The van der Waals surface area contributed by atoms with Gasteiger partial charge in [0.15, 0.2) is 0 Å². The molecule has 0 saturated carbocycles. The maximum Gasteiger partial charge on any atom is 0.234 e. The third kappa shape index (κ3) is 4.68. The third-order valence-corrected chi connectivity index (χ3v) is 3.30. The van der Waals surface area contributed by atoms with Crippen molar-refractivity contribution in [1.82, 2.24) is 10.6 Å². The molecule has 2 aromatic rings. The van der Waals surface area contributed by atoms with E-state index < -0.39 is 0 Å². The molecule has 2 rings (SSSR count). The molecule has 0 aliphatic carbocycles. The highest BCUT2D eigenvalue weighted by atomic mass is 19.1. The summed E-state index contributed by atoms with van der Waals surface area (Å²) in [7, 11) is 0. The summed E-state index contributed by atoms with van der Waals surface area (Å²) in [5.41, 5.74) is 1.61.